The molecule has 0 saturated heterocycles. The van der Waals surface area contributed by atoms with E-state index in [1.54, 1.807) is 12.1 Å². The minimum absolute atomic E-state index is 0.213. The monoisotopic (exact) mass is 402 g/mol. The summed E-state index contributed by atoms with van der Waals surface area (Å²) in [5, 5.41) is 12.9. The Hall–Kier alpha value is -3.67. The van der Waals surface area contributed by atoms with Gasteiger partial charge < -0.3 is 15.2 Å². The minimum Gasteiger partial charge on any atom is -0.508 e. The van der Waals surface area contributed by atoms with Gasteiger partial charge in [-0.1, -0.05) is 30.3 Å². The molecule has 1 aromatic heterocycles. The first-order valence-corrected chi connectivity index (χ1v) is 9.92. The number of likely N-dealkylation sites (N-methyl/N-ethyl adjacent to an activating group) is 1. The molecule has 1 heterocycles. The van der Waals surface area contributed by atoms with Crippen LogP contribution in [0.15, 0.2) is 48.5 Å². The normalized spacial score (nSPS) is 14.0. The molecule has 0 fully saturated rings. The molecule has 0 radical (unpaired) electrons. The summed E-state index contributed by atoms with van der Waals surface area (Å²) in [6.07, 6.45) is 3.44. The number of aromatic hydroxyl groups is 1. The van der Waals surface area contributed by atoms with Gasteiger partial charge in [-0.25, -0.2) is 9.78 Å². The average Bonchev–Trinajstić information content (AvgIpc) is 3.14. The fourth-order valence-corrected chi connectivity index (χ4v) is 3.74. The van der Waals surface area contributed by atoms with Gasteiger partial charge >= 0.3 is 5.97 Å². The molecule has 30 heavy (non-hydrogen) atoms. The SMILES string of the molecule is CCNC(=O)COC(=O)c1c2c(nc3ccccc13)/C(=C\c1ccc(O)cc1)CC2. The number of aromatic nitrogens is 1. The van der Waals surface area contributed by atoms with Gasteiger partial charge in [0.25, 0.3) is 5.91 Å². The van der Waals surface area contributed by atoms with E-state index in [4.69, 9.17) is 9.72 Å². The molecule has 0 unspecified atom stereocenters. The number of allylic oxidation sites excluding steroid dienone is 1. The molecule has 0 aliphatic heterocycles. The van der Waals surface area contributed by atoms with Crippen LogP contribution in [0.4, 0.5) is 0 Å². The van der Waals surface area contributed by atoms with Crippen LogP contribution in [-0.2, 0) is 16.0 Å². The molecule has 0 spiro atoms. The van der Waals surface area contributed by atoms with E-state index in [9.17, 15) is 14.7 Å². The fraction of sp³-hybridized carbons (Fsp3) is 0.208. The molecular formula is C24H22N2O4. The smallest absolute Gasteiger partial charge is 0.339 e. The Labute approximate surface area is 174 Å². The predicted molar refractivity (Wildman–Crippen MR) is 115 cm³/mol. The number of para-hydroxylation sites is 1. The van der Waals surface area contributed by atoms with Crippen molar-refractivity contribution < 1.29 is 19.4 Å². The highest BCUT2D eigenvalue weighted by atomic mass is 16.5. The summed E-state index contributed by atoms with van der Waals surface area (Å²) >= 11 is 0. The molecule has 2 N–H and O–H groups in total. The standard InChI is InChI=1S/C24H22N2O4/c1-2-25-21(28)14-30-24(29)22-18-5-3-4-6-20(18)26-23-16(9-12-19(22)23)13-15-7-10-17(27)11-8-15/h3-8,10-11,13,27H,2,9,12,14H2,1H3,(H,25,28)/b16-13-. The van der Waals surface area contributed by atoms with Gasteiger partial charge in [0.2, 0.25) is 0 Å². The molecule has 2 aromatic carbocycles. The van der Waals surface area contributed by atoms with Crippen molar-refractivity contribution in [3.63, 3.8) is 0 Å². The van der Waals surface area contributed by atoms with Crippen LogP contribution < -0.4 is 5.32 Å². The van der Waals surface area contributed by atoms with Crippen molar-refractivity contribution in [1.82, 2.24) is 10.3 Å². The summed E-state index contributed by atoms with van der Waals surface area (Å²) in [7, 11) is 0. The lowest BCUT2D eigenvalue weighted by Gasteiger charge is -2.12. The second kappa shape index (κ2) is 8.37. The number of fused-ring (bicyclic) bond motifs is 2. The molecule has 0 saturated carbocycles. The molecule has 1 aliphatic rings. The predicted octanol–water partition coefficient (Wildman–Crippen LogP) is 3.72. The molecular weight excluding hydrogens is 380 g/mol. The van der Waals surface area contributed by atoms with Gasteiger partial charge in [-0.15, -0.1) is 0 Å². The number of hydrogen-bond acceptors (Lipinski definition) is 5. The zero-order valence-electron chi connectivity index (χ0n) is 16.6. The van der Waals surface area contributed by atoms with Gasteiger partial charge in [-0.3, -0.25) is 4.79 Å². The molecule has 0 atom stereocenters. The fourth-order valence-electron chi connectivity index (χ4n) is 3.74. The second-order valence-electron chi connectivity index (χ2n) is 7.12. The molecule has 152 valence electrons. The van der Waals surface area contributed by atoms with Crippen LogP contribution in [0.2, 0.25) is 0 Å². The van der Waals surface area contributed by atoms with Gasteiger partial charge in [0, 0.05) is 11.9 Å². The van der Waals surface area contributed by atoms with Gasteiger partial charge in [-0.05, 0) is 60.7 Å². The maximum absolute atomic E-state index is 13.0. The molecule has 6 heteroatoms. The van der Waals surface area contributed by atoms with Gasteiger partial charge in [0.1, 0.15) is 5.75 Å². The zero-order chi connectivity index (χ0) is 21.1. The first kappa shape index (κ1) is 19.6. The third kappa shape index (κ3) is 3.89. The Morgan fingerprint density at radius 3 is 2.67 bits per heavy atom. The van der Waals surface area contributed by atoms with Crippen molar-refractivity contribution in [2.45, 2.75) is 19.8 Å². The molecule has 1 aliphatic carbocycles. The topological polar surface area (TPSA) is 88.5 Å². The van der Waals surface area contributed by atoms with Gasteiger partial charge in [0.15, 0.2) is 6.61 Å². The lowest BCUT2D eigenvalue weighted by molar-refractivity contribution is -0.124. The Morgan fingerprint density at radius 2 is 1.90 bits per heavy atom. The van der Waals surface area contributed by atoms with Crippen LogP contribution in [0.3, 0.4) is 0 Å². The number of nitrogens with one attached hydrogen (secondary N) is 1. The van der Waals surface area contributed by atoms with E-state index in [0.29, 0.717) is 24.0 Å². The first-order chi connectivity index (χ1) is 14.6. The number of esters is 1. The first-order valence-electron chi connectivity index (χ1n) is 9.92. The van der Waals surface area contributed by atoms with Crippen molar-refractivity contribution in [3.8, 4) is 5.75 Å². The van der Waals surface area contributed by atoms with E-state index in [0.717, 1.165) is 34.2 Å². The van der Waals surface area contributed by atoms with Gasteiger partial charge in [-0.2, -0.15) is 0 Å². The molecule has 6 nitrogen and oxygen atoms in total. The van der Waals surface area contributed by atoms with Crippen molar-refractivity contribution in [3.05, 3.63) is 70.9 Å². The molecule has 0 bridgehead atoms. The van der Waals surface area contributed by atoms with E-state index in [-0.39, 0.29) is 18.3 Å². The Morgan fingerprint density at radius 1 is 1.13 bits per heavy atom. The average molecular weight is 402 g/mol. The summed E-state index contributed by atoms with van der Waals surface area (Å²) < 4.78 is 5.32. The Bertz CT molecular complexity index is 1150. The third-order valence-electron chi connectivity index (χ3n) is 5.09. The van der Waals surface area contributed by atoms with E-state index in [1.165, 1.54) is 0 Å². The number of rotatable bonds is 5. The number of carbonyl (C=O) groups is 2. The number of carbonyl (C=O) groups excluding carboxylic acids is 2. The maximum Gasteiger partial charge on any atom is 0.339 e. The number of ether oxygens (including phenoxy) is 1. The lowest BCUT2D eigenvalue weighted by Crippen LogP contribution is -2.28. The maximum atomic E-state index is 13.0. The molecule has 4 rings (SSSR count). The quantitative estimate of drug-likeness (QED) is 0.635. The second-order valence-corrected chi connectivity index (χ2v) is 7.12. The number of pyridine rings is 1. The largest absolute Gasteiger partial charge is 0.508 e. The number of phenolic OH excluding ortho intramolecular Hbond substituents is 1. The molecule has 3 aromatic rings. The summed E-state index contributed by atoms with van der Waals surface area (Å²) in [5.41, 5.74) is 4.80. The van der Waals surface area contributed by atoms with E-state index >= 15 is 0 Å². The highest BCUT2D eigenvalue weighted by molar-refractivity contribution is 6.07. The highest BCUT2D eigenvalue weighted by Gasteiger charge is 2.27. The summed E-state index contributed by atoms with van der Waals surface area (Å²) in [5.74, 6) is -0.624. The third-order valence-corrected chi connectivity index (χ3v) is 5.09. The minimum atomic E-state index is -0.512. The van der Waals surface area contributed by atoms with Crippen LogP contribution in [-0.4, -0.2) is 35.1 Å². The van der Waals surface area contributed by atoms with Gasteiger partial charge in [0.05, 0.1) is 16.8 Å². The molecule has 1 amide bonds. The highest BCUT2D eigenvalue weighted by Crippen LogP contribution is 2.37. The summed E-state index contributed by atoms with van der Waals surface area (Å²) in [6.45, 7) is 1.98. The van der Waals surface area contributed by atoms with Crippen LogP contribution in [0.25, 0.3) is 22.6 Å². The Kier molecular flexibility index (Phi) is 5.48. The van der Waals surface area contributed by atoms with E-state index < -0.39 is 5.97 Å². The van der Waals surface area contributed by atoms with Crippen molar-refractivity contribution >= 4 is 34.4 Å². The lowest BCUT2D eigenvalue weighted by atomic mass is 10.0. The van der Waals surface area contributed by atoms with E-state index in [2.05, 4.69) is 5.32 Å². The summed E-state index contributed by atoms with van der Waals surface area (Å²) in [6, 6.07) is 14.4. The number of benzene rings is 2. The van der Waals surface area contributed by atoms with Crippen LogP contribution >= 0.6 is 0 Å². The zero-order valence-corrected chi connectivity index (χ0v) is 16.6. The van der Waals surface area contributed by atoms with E-state index in [1.807, 2.05) is 49.4 Å². The Balaban J connectivity index is 1.75. The van der Waals surface area contributed by atoms with Crippen molar-refractivity contribution in [2.75, 3.05) is 13.2 Å². The number of hydrogen-bond donors (Lipinski definition) is 2. The van der Waals surface area contributed by atoms with Crippen LogP contribution in [0.5, 0.6) is 5.75 Å². The number of nitrogens with zero attached hydrogens (tertiary/aromatic N) is 1. The number of amides is 1. The van der Waals surface area contributed by atoms with Crippen molar-refractivity contribution in [1.29, 1.82) is 0 Å². The summed E-state index contributed by atoms with van der Waals surface area (Å²) in [4.78, 5) is 29.5. The van der Waals surface area contributed by atoms with Crippen molar-refractivity contribution in [2.24, 2.45) is 0 Å². The van der Waals surface area contributed by atoms with Crippen LogP contribution in [0.1, 0.15) is 40.5 Å². The number of phenols is 1. The van der Waals surface area contributed by atoms with Crippen LogP contribution in [0, 0.1) is 0 Å².